The van der Waals surface area contributed by atoms with Crippen molar-refractivity contribution in [1.82, 2.24) is 0 Å². The van der Waals surface area contributed by atoms with Crippen LogP contribution < -0.4 is 162 Å². The summed E-state index contributed by atoms with van der Waals surface area (Å²) in [6, 6.07) is 0. The van der Waals surface area contributed by atoms with Crippen molar-refractivity contribution in [2.45, 2.75) is 0 Å². The molecule has 160 valence electrons. The van der Waals surface area contributed by atoms with Crippen LogP contribution in [0, 0.1) is 0 Å². The molecule has 0 saturated carbocycles. The molecule has 0 heterocycles. The summed E-state index contributed by atoms with van der Waals surface area (Å²) in [6.07, 6.45) is 0. The zero-order valence-electron chi connectivity index (χ0n) is 20.2. The van der Waals surface area contributed by atoms with Crippen LogP contribution in [0.1, 0.15) is 5.71 Å². The van der Waals surface area contributed by atoms with Gasteiger partial charge in [-0.05, 0) is 0 Å². The maximum Gasteiger partial charge on any atom is 2.00 e. The van der Waals surface area contributed by atoms with Crippen LogP contribution in [0.15, 0.2) is 0 Å². The minimum absolute atomic E-state index is 0. The van der Waals surface area contributed by atoms with E-state index in [1.165, 1.54) is 0 Å². The third-order valence-electron chi connectivity index (χ3n) is 0. The van der Waals surface area contributed by atoms with Crippen LogP contribution in [0.4, 0.5) is 0 Å². The predicted molar refractivity (Wildman–Crippen MR) is 65.5 cm³/mol. The molecule has 0 spiro atoms. The Morgan fingerprint density at radius 3 is 0.281 bits per heavy atom. The van der Waals surface area contributed by atoms with Gasteiger partial charge in [0.2, 0.25) is 0 Å². The molecule has 0 fully saturated rings. The van der Waals surface area contributed by atoms with Crippen molar-refractivity contribution < 1.29 is 191 Å². The Bertz CT molecular complexity index is 414. The molecule has 0 aromatic carbocycles. The van der Waals surface area contributed by atoms with E-state index in [0.717, 1.165) is 0 Å². The van der Waals surface area contributed by atoms with Crippen molar-refractivity contribution in [2.75, 3.05) is 0 Å². The van der Waals surface area contributed by atoms with E-state index in [-0.39, 0.29) is 245 Å². The first kappa shape index (κ1) is 77.8. The van der Waals surface area contributed by atoms with E-state index in [0.29, 0.717) is 0 Å². The Morgan fingerprint density at radius 1 is 0.281 bits per heavy atom. The van der Waals surface area contributed by atoms with Gasteiger partial charge in [0.25, 0.3) is 0 Å². The summed E-state index contributed by atoms with van der Waals surface area (Å²) in [4.78, 5) is 128. The van der Waals surface area contributed by atoms with Crippen molar-refractivity contribution in [3.63, 3.8) is 0 Å². The molecule has 20 nitrogen and oxygen atoms in total. The fourth-order valence-corrected chi connectivity index (χ4v) is 0. The average Bonchev–Trinajstić information content (AvgIpc) is 1.79. The van der Waals surface area contributed by atoms with Gasteiger partial charge in [-0.3, -0.25) is 0 Å². The quantitative estimate of drug-likeness (QED) is 0.166. The van der Waals surface area contributed by atoms with Crippen LogP contribution >= 0.6 is 39.1 Å². The molecule has 0 aliphatic heterocycles. The van der Waals surface area contributed by atoms with E-state index < -0.39 is 39.1 Å². The first-order valence-corrected chi connectivity index (χ1v) is 11.0. The number of hydrogen-bond donors (Lipinski definition) is 0. The van der Waals surface area contributed by atoms with E-state index in [9.17, 15) is 0 Å². The molecule has 0 bridgehead atoms. The van der Waals surface area contributed by atoms with Crippen molar-refractivity contribution in [1.29, 1.82) is 0 Å². The van der Waals surface area contributed by atoms with Crippen LogP contribution in [-0.4, -0.2) is 151 Å². The Balaban J connectivity index is -0.00000000922. The van der Waals surface area contributed by atoms with Gasteiger partial charge >= 0.3 is 245 Å². The number of phosphoric acid groups is 5. The molecule has 0 amide bonds. The summed E-state index contributed by atoms with van der Waals surface area (Å²) in [5, 5.41) is 0. The zero-order valence-corrected chi connectivity index (χ0v) is 35.5. The van der Waals surface area contributed by atoms with Gasteiger partial charge in [0.15, 0.2) is 0 Å². The van der Waals surface area contributed by atoms with E-state index in [1.54, 1.807) is 0 Å². The van der Waals surface area contributed by atoms with Gasteiger partial charge in [-0.2, -0.15) is 39.1 Å². The van der Waals surface area contributed by atoms with E-state index in [1.807, 2.05) is 0 Å². The van der Waals surface area contributed by atoms with E-state index in [2.05, 4.69) is 0 Å². The van der Waals surface area contributed by atoms with Crippen molar-refractivity contribution in [2.24, 2.45) is 0 Å². The van der Waals surface area contributed by atoms with Gasteiger partial charge in [0, 0.05) is 0 Å². The third kappa shape index (κ3) is 739. The maximum absolute atomic E-state index is 8.55. The molecule has 0 aliphatic carbocycles. The fourth-order valence-electron chi connectivity index (χ4n) is 0. The molecule has 0 aliphatic rings. The van der Waals surface area contributed by atoms with Crippen LogP contribution in [0.3, 0.4) is 0 Å². The standard InChI is InChI=1S/4Ca.3Na.5H3O4P/c;;;;;;;5*1-5(2,3)4/h;;;;;;;5*(H3,1,2,3,4)/q4*+2;3*+1;;;;;/p-11. The van der Waals surface area contributed by atoms with Crippen LogP contribution in [0.5, 0.6) is 0 Å². The number of rotatable bonds is 0. The molecular formula is H4Ca4Na3O20P5. The molecule has 32 heteroatoms. The second-order valence-corrected chi connectivity index (χ2v) is 6.71. The van der Waals surface area contributed by atoms with Gasteiger partial charge in [-0.15, -0.1) is 0 Å². The van der Waals surface area contributed by atoms with Gasteiger partial charge < -0.3 is 96.2 Å². The SMILES string of the molecule is O=P([O-])([O-])[O-].O=P([O-])([O-])[O-].O=P([O-])([O-])[O-].O=P([O-])([O-])[O-].O=P([O-])([O-])[O-].[Ca+2].[Ca+2].[Ca+2].[Ca+2].[H+].[H+].[H+].[H+].[Na+].[Na+].[Na+]. The van der Waals surface area contributed by atoms with Gasteiger partial charge in [-0.25, -0.2) is 0 Å². The fraction of sp³-hybridized carbons (Fsp3) is 0. The summed E-state index contributed by atoms with van der Waals surface area (Å²) in [6.45, 7) is 0. The van der Waals surface area contributed by atoms with Crippen LogP contribution in [0.2, 0.25) is 0 Å². The minimum Gasteiger partial charge on any atom is -0.822 e. The molecule has 32 heavy (non-hydrogen) atoms. The van der Waals surface area contributed by atoms with E-state index in [4.69, 9.17) is 96.2 Å². The van der Waals surface area contributed by atoms with Gasteiger partial charge in [0.1, 0.15) is 0 Å². The molecule has 0 atom stereocenters. The first-order chi connectivity index (χ1) is 10.0. The minimum atomic E-state index is -5.39. The van der Waals surface area contributed by atoms with Gasteiger partial charge in [0.05, 0.1) is 0 Å². The molecule has 0 unspecified atom stereocenters. The molecule has 0 aromatic rings. The van der Waals surface area contributed by atoms with E-state index >= 15 is 0 Å². The van der Waals surface area contributed by atoms with Crippen molar-refractivity contribution >= 4 is 190 Å². The molecular weight excluding hydrogens is 704 g/mol. The summed E-state index contributed by atoms with van der Waals surface area (Å²) in [5.41, 5.74) is 0. The Labute approximate surface area is 372 Å². The van der Waals surface area contributed by atoms with Crippen molar-refractivity contribution in [3.8, 4) is 0 Å². The third-order valence-corrected chi connectivity index (χ3v) is 0. The molecule has 0 radical (unpaired) electrons. The predicted octanol–water partition coefficient (Wildman–Crippen LogP) is -24.2. The summed E-state index contributed by atoms with van der Waals surface area (Å²) in [7, 11) is -26.9. The Kier molecular flexibility index (Phi) is 96.3. The maximum atomic E-state index is 8.55. The first-order valence-electron chi connectivity index (χ1n) is 3.65. The zero-order chi connectivity index (χ0) is 22.5. The van der Waals surface area contributed by atoms with Crippen LogP contribution in [0.25, 0.3) is 0 Å². The van der Waals surface area contributed by atoms with Crippen LogP contribution in [-0.2, 0) is 22.8 Å². The average molecular weight is 708 g/mol. The monoisotopic (exact) mass is 708 g/mol. The summed E-state index contributed by atoms with van der Waals surface area (Å²) >= 11 is 0. The summed E-state index contributed by atoms with van der Waals surface area (Å²) < 4.78 is 42.7. The second kappa shape index (κ2) is 39.6. The smallest absolute Gasteiger partial charge is 0.822 e. The Morgan fingerprint density at radius 2 is 0.281 bits per heavy atom. The topological polar surface area (TPSA) is 431 Å². The molecule has 0 N–H and O–H groups in total. The second-order valence-electron chi connectivity index (χ2n) is 2.24. The molecule has 0 rings (SSSR count). The molecule has 0 saturated heterocycles. The largest absolute Gasteiger partial charge is 2.00 e. The van der Waals surface area contributed by atoms with Crippen molar-refractivity contribution in [3.05, 3.63) is 0 Å². The molecule has 0 aromatic heterocycles. The summed E-state index contributed by atoms with van der Waals surface area (Å²) in [5.74, 6) is 0. The Hall–Kier alpha value is 8.59. The normalized spacial score (nSPS) is 9.22. The van der Waals surface area contributed by atoms with Gasteiger partial charge in [-0.1, -0.05) is 0 Å². The number of hydrogen-bond acceptors (Lipinski definition) is 20.